The average molecular weight is 342 g/mol. The second kappa shape index (κ2) is 6.35. The molecule has 126 valence electrons. The van der Waals surface area contributed by atoms with Crippen LogP contribution in [-0.4, -0.2) is 20.7 Å². The quantitative estimate of drug-likeness (QED) is 0.918. The van der Waals surface area contributed by atoms with Crippen LogP contribution in [0.4, 0.5) is 13.9 Å². The first kappa shape index (κ1) is 17.5. The number of amides is 1. The van der Waals surface area contributed by atoms with Gasteiger partial charge >= 0.3 is 6.55 Å². The van der Waals surface area contributed by atoms with Crippen molar-refractivity contribution in [3.8, 4) is 0 Å². The topological polar surface area (TPSA) is 59.8 Å². The van der Waals surface area contributed by atoms with Gasteiger partial charge in [0.05, 0.1) is 17.8 Å². The number of aromatic nitrogens is 3. The summed E-state index contributed by atoms with van der Waals surface area (Å²) in [5.74, 6) is -0.292. The summed E-state index contributed by atoms with van der Waals surface area (Å²) in [5.41, 5.74) is 2.08. The summed E-state index contributed by atoms with van der Waals surface area (Å²) >= 11 is 1.35. The fraction of sp³-hybridized carbons (Fsp3) is 0.533. The molecule has 0 atom stereocenters. The van der Waals surface area contributed by atoms with Crippen molar-refractivity contribution >= 4 is 22.4 Å². The highest BCUT2D eigenvalue weighted by atomic mass is 32.1. The Bertz CT molecular complexity index is 716. The molecule has 0 unspecified atom stereocenters. The molecule has 1 N–H and O–H groups in total. The number of rotatable bonds is 4. The van der Waals surface area contributed by atoms with E-state index >= 15 is 0 Å². The average Bonchev–Trinajstić information content (AvgIpc) is 2.98. The van der Waals surface area contributed by atoms with E-state index in [0.717, 1.165) is 5.69 Å². The van der Waals surface area contributed by atoms with Crippen LogP contribution in [-0.2, 0) is 16.6 Å². The van der Waals surface area contributed by atoms with Crippen LogP contribution >= 0.6 is 11.3 Å². The molecule has 0 saturated heterocycles. The lowest BCUT2D eigenvalue weighted by Gasteiger charge is -2.14. The summed E-state index contributed by atoms with van der Waals surface area (Å²) in [4.78, 5) is 16.5. The highest BCUT2D eigenvalue weighted by Gasteiger charge is 2.21. The molecule has 23 heavy (non-hydrogen) atoms. The monoisotopic (exact) mass is 342 g/mol. The van der Waals surface area contributed by atoms with Gasteiger partial charge in [0.1, 0.15) is 0 Å². The molecule has 0 radical (unpaired) electrons. The van der Waals surface area contributed by atoms with Crippen molar-refractivity contribution in [1.82, 2.24) is 14.8 Å². The molecule has 8 heteroatoms. The SMILES string of the molecule is Cc1nn(C(F)F)c(C)c1CC(=O)Nc1nc(C(C)(C)C)cs1. The van der Waals surface area contributed by atoms with Crippen LogP contribution in [0.5, 0.6) is 0 Å². The molecule has 1 amide bonds. The molecule has 2 aromatic heterocycles. The highest BCUT2D eigenvalue weighted by molar-refractivity contribution is 7.13. The van der Waals surface area contributed by atoms with Gasteiger partial charge in [0.15, 0.2) is 5.13 Å². The first-order chi connectivity index (χ1) is 10.6. The normalized spacial score (nSPS) is 12.0. The van der Waals surface area contributed by atoms with Crippen molar-refractivity contribution < 1.29 is 13.6 Å². The van der Waals surface area contributed by atoms with E-state index in [9.17, 15) is 13.6 Å². The Balaban J connectivity index is 2.10. The van der Waals surface area contributed by atoms with E-state index < -0.39 is 6.55 Å². The molecule has 2 rings (SSSR count). The highest BCUT2D eigenvalue weighted by Crippen LogP contribution is 2.26. The van der Waals surface area contributed by atoms with Crippen molar-refractivity contribution in [3.63, 3.8) is 0 Å². The molecule has 0 bridgehead atoms. The maximum Gasteiger partial charge on any atom is 0.333 e. The maximum atomic E-state index is 12.8. The minimum Gasteiger partial charge on any atom is -0.302 e. The van der Waals surface area contributed by atoms with Crippen LogP contribution in [0.15, 0.2) is 5.38 Å². The second-order valence-electron chi connectivity index (χ2n) is 6.38. The third-order valence-corrected chi connectivity index (χ3v) is 4.27. The van der Waals surface area contributed by atoms with Gasteiger partial charge in [-0.2, -0.15) is 13.9 Å². The van der Waals surface area contributed by atoms with Crippen molar-refractivity contribution in [2.24, 2.45) is 0 Å². The zero-order valence-corrected chi connectivity index (χ0v) is 14.6. The predicted molar refractivity (Wildman–Crippen MR) is 86.1 cm³/mol. The number of hydrogen-bond donors (Lipinski definition) is 1. The number of carbonyl (C=O) groups excluding carboxylic acids is 1. The maximum absolute atomic E-state index is 12.8. The molecule has 0 aliphatic rings. The third kappa shape index (κ3) is 3.93. The summed E-state index contributed by atoms with van der Waals surface area (Å²) in [6.07, 6.45) is -0.00514. The van der Waals surface area contributed by atoms with Gasteiger partial charge in [-0.05, 0) is 13.8 Å². The molecule has 0 aromatic carbocycles. The van der Waals surface area contributed by atoms with Crippen molar-refractivity contribution in [2.75, 3.05) is 5.32 Å². The fourth-order valence-electron chi connectivity index (χ4n) is 2.14. The number of halogens is 2. The van der Waals surface area contributed by atoms with Gasteiger partial charge in [-0.15, -0.1) is 11.3 Å². The Morgan fingerprint density at radius 1 is 1.39 bits per heavy atom. The standard InChI is InChI=1S/C15H20F2N4OS/c1-8-10(9(2)21(20-8)13(16)17)6-12(22)19-14-18-11(7-23-14)15(3,4)5/h7,13H,6H2,1-5H3,(H,18,19,22). The molecular formula is C15H20F2N4OS. The van der Waals surface area contributed by atoms with Gasteiger partial charge in [-0.25, -0.2) is 9.67 Å². The van der Waals surface area contributed by atoms with E-state index in [4.69, 9.17) is 0 Å². The summed E-state index contributed by atoms with van der Waals surface area (Å²) < 4.78 is 26.3. The zero-order chi connectivity index (χ0) is 17.4. The Labute approximate surface area is 137 Å². The number of carbonyl (C=O) groups is 1. The van der Waals surface area contributed by atoms with Gasteiger partial charge in [-0.3, -0.25) is 4.79 Å². The van der Waals surface area contributed by atoms with Crippen LogP contribution in [0.1, 0.15) is 50.0 Å². The largest absolute Gasteiger partial charge is 0.333 e. The molecule has 2 heterocycles. The fourth-order valence-corrected chi connectivity index (χ4v) is 3.10. The molecule has 2 aromatic rings. The molecule has 5 nitrogen and oxygen atoms in total. The number of thiazole rings is 1. The Kier molecular flexibility index (Phi) is 4.84. The molecule has 0 aliphatic heterocycles. The number of hydrogen-bond acceptors (Lipinski definition) is 4. The number of nitrogens with zero attached hydrogens (tertiary/aromatic N) is 3. The predicted octanol–water partition coefficient (Wildman–Crippen LogP) is 3.83. The third-order valence-electron chi connectivity index (χ3n) is 3.52. The number of alkyl halides is 2. The number of anilines is 1. The van der Waals surface area contributed by atoms with E-state index in [1.165, 1.54) is 18.3 Å². The first-order valence-corrected chi connectivity index (χ1v) is 8.06. The lowest BCUT2D eigenvalue weighted by molar-refractivity contribution is -0.115. The van der Waals surface area contributed by atoms with E-state index in [-0.39, 0.29) is 17.7 Å². The molecular weight excluding hydrogens is 322 g/mol. The zero-order valence-electron chi connectivity index (χ0n) is 13.8. The molecule has 0 fully saturated rings. The first-order valence-electron chi connectivity index (χ1n) is 7.18. The lowest BCUT2D eigenvalue weighted by atomic mass is 9.93. The van der Waals surface area contributed by atoms with Gasteiger partial charge in [0, 0.05) is 22.1 Å². The molecule has 0 spiro atoms. The number of nitrogens with one attached hydrogen (secondary N) is 1. The summed E-state index contributed by atoms with van der Waals surface area (Å²) in [6, 6.07) is 0. The van der Waals surface area contributed by atoms with Crippen LogP contribution in [0.3, 0.4) is 0 Å². The van der Waals surface area contributed by atoms with E-state index in [1.807, 2.05) is 26.2 Å². The van der Waals surface area contributed by atoms with Gasteiger partial charge in [0.25, 0.3) is 0 Å². The molecule has 0 aliphatic carbocycles. The van der Waals surface area contributed by atoms with Crippen LogP contribution in [0.2, 0.25) is 0 Å². The van der Waals surface area contributed by atoms with Gasteiger partial charge in [0.2, 0.25) is 5.91 Å². The van der Waals surface area contributed by atoms with Gasteiger partial charge < -0.3 is 5.32 Å². The van der Waals surface area contributed by atoms with Crippen LogP contribution < -0.4 is 5.32 Å². The minimum absolute atomic E-state index is 0.00514. The lowest BCUT2D eigenvalue weighted by Crippen LogP contribution is -2.16. The number of aryl methyl sites for hydroxylation is 1. The summed E-state index contributed by atoms with van der Waals surface area (Å²) in [7, 11) is 0. The Morgan fingerprint density at radius 3 is 2.52 bits per heavy atom. The van der Waals surface area contributed by atoms with Crippen molar-refractivity contribution in [1.29, 1.82) is 0 Å². The van der Waals surface area contributed by atoms with E-state index in [1.54, 1.807) is 6.92 Å². The Hall–Kier alpha value is -1.83. The van der Waals surface area contributed by atoms with Crippen molar-refractivity contribution in [3.05, 3.63) is 28.0 Å². The van der Waals surface area contributed by atoms with Crippen LogP contribution in [0.25, 0.3) is 0 Å². The van der Waals surface area contributed by atoms with E-state index in [2.05, 4.69) is 15.4 Å². The summed E-state index contributed by atoms with van der Waals surface area (Å²) in [5, 5.41) is 8.91. The van der Waals surface area contributed by atoms with Crippen molar-refractivity contribution in [2.45, 2.75) is 53.0 Å². The van der Waals surface area contributed by atoms with E-state index in [0.29, 0.717) is 26.8 Å². The second-order valence-corrected chi connectivity index (χ2v) is 7.24. The minimum atomic E-state index is -2.71. The van der Waals surface area contributed by atoms with Crippen LogP contribution in [0, 0.1) is 13.8 Å². The van der Waals surface area contributed by atoms with Gasteiger partial charge in [-0.1, -0.05) is 20.8 Å². The smallest absolute Gasteiger partial charge is 0.302 e. The molecule has 0 saturated carbocycles. The Morgan fingerprint density at radius 2 is 2.04 bits per heavy atom. The summed E-state index contributed by atoms with van der Waals surface area (Å²) in [6.45, 7) is 6.57.